The van der Waals surface area contributed by atoms with E-state index in [4.69, 9.17) is 5.73 Å². The third-order valence-electron chi connectivity index (χ3n) is 3.16. The lowest BCUT2D eigenvalue weighted by Gasteiger charge is -2.19. The second-order valence-electron chi connectivity index (χ2n) is 4.07. The van der Waals surface area contributed by atoms with Crippen molar-refractivity contribution in [3.63, 3.8) is 0 Å². The smallest absolute Gasteiger partial charge is 0.0692 e. The zero-order chi connectivity index (χ0) is 10.1. The van der Waals surface area contributed by atoms with Gasteiger partial charge in [0, 0.05) is 7.05 Å². The molecule has 0 saturated heterocycles. The molecule has 0 bridgehead atoms. The quantitative estimate of drug-likeness (QED) is 0.885. The van der Waals surface area contributed by atoms with Crippen molar-refractivity contribution in [3.8, 4) is 0 Å². The predicted molar refractivity (Wildman–Crippen MR) is 59.8 cm³/mol. The van der Waals surface area contributed by atoms with Crippen LogP contribution in [0.1, 0.15) is 37.4 Å². The molecule has 78 valence electrons. The lowest BCUT2D eigenvalue weighted by Crippen LogP contribution is -2.22. The number of nitrogens with two attached hydrogens (primary N) is 1. The van der Waals surface area contributed by atoms with Crippen molar-refractivity contribution in [3.05, 3.63) is 16.4 Å². The Balaban J connectivity index is 2.21. The number of rotatable bonds is 2. The van der Waals surface area contributed by atoms with Gasteiger partial charge in [-0.15, -0.1) is 0 Å². The summed E-state index contributed by atoms with van der Waals surface area (Å²) in [6.07, 6.45) is 7.00. The van der Waals surface area contributed by atoms with Crippen LogP contribution in [0.2, 0.25) is 0 Å². The van der Waals surface area contributed by atoms with Crippen LogP contribution in [-0.2, 0) is 7.05 Å². The molecule has 1 fully saturated rings. The predicted octanol–water partition coefficient (Wildman–Crippen LogP) is 2.37. The van der Waals surface area contributed by atoms with E-state index < -0.39 is 0 Å². The average molecular weight is 258 g/mol. The summed E-state index contributed by atoms with van der Waals surface area (Å²) in [7, 11) is 1.95. The van der Waals surface area contributed by atoms with Gasteiger partial charge in [0.25, 0.3) is 0 Å². The van der Waals surface area contributed by atoms with Crippen molar-refractivity contribution >= 4 is 15.9 Å². The van der Waals surface area contributed by atoms with E-state index in [1.165, 1.54) is 25.7 Å². The van der Waals surface area contributed by atoms with E-state index in [-0.39, 0.29) is 6.04 Å². The van der Waals surface area contributed by atoms with Gasteiger partial charge in [-0.25, -0.2) is 0 Å². The molecule has 1 atom stereocenters. The van der Waals surface area contributed by atoms with E-state index in [0.717, 1.165) is 10.2 Å². The van der Waals surface area contributed by atoms with Crippen molar-refractivity contribution in [1.29, 1.82) is 0 Å². The summed E-state index contributed by atoms with van der Waals surface area (Å²) in [5, 5.41) is 4.20. The number of hydrogen-bond donors (Lipinski definition) is 1. The summed E-state index contributed by atoms with van der Waals surface area (Å²) >= 11 is 3.50. The van der Waals surface area contributed by atoms with E-state index in [0.29, 0.717) is 5.92 Å². The van der Waals surface area contributed by atoms with Crippen LogP contribution in [0.15, 0.2) is 10.7 Å². The molecule has 0 radical (unpaired) electrons. The zero-order valence-corrected chi connectivity index (χ0v) is 10.00. The molecule has 1 aromatic heterocycles. The van der Waals surface area contributed by atoms with Crippen molar-refractivity contribution in [1.82, 2.24) is 9.78 Å². The summed E-state index contributed by atoms with van der Waals surface area (Å²) in [5.74, 6) is 0.640. The molecule has 2 rings (SSSR count). The molecule has 0 aliphatic heterocycles. The Labute approximate surface area is 92.8 Å². The van der Waals surface area contributed by atoms with Crippen LogP contribution in [0.25, 0.3) is 0 Å². The van der Waals surface area contributed by atoms with Gasteiger partial charge >= 0.3 is 0 Å². The van der Waals surface area contributed by atoms with E-state index >= 15 is 0 Å². The highest BCUT2D eigenvalue weighted by molar-refractivity contribution is 9.10. The highest BCUT2D eigenvalue weighted by Crippen LogP contribution is 2.36. The Morgan fingerprint density at radius 1 is 1.57 bits per heavy atom. The van der Waals surface area contributed by atoms with E-state index in [2.05, 4.69) is 21.0 Å². The van der Waals surface area contributed by atoms with E-state index in [1.807, 2.05) is 17.9 Å². The molecule has 1 aliphatic rings. The van der Waals surface area contributed by atoms with Gasteiger partial charge in [0.05, 0.1) is 22.4 Å². The van der Waals surface area contributed by atoms with Gasteiger partial charge in [0.15, 0.2) is 0 Å². The summed E-state index contributed by atoms with van der Waals surface area (Å²) < 4.78 is 2.92. The molecule has 1 aliphatic carbocycles. The maximum Gasteiger partial charge on any atom is 0.0692 e. The molecule has 0 amide bonds. The molecule has 1 heterocycles. The standard InChI is InChI=1S/C10H16BrN3/c1-14-10(8(11)6-13-14)9(12)7-4-2-3-5-7/h6-7,9H,2-5,12H2,1H3. The zero-order valence-electron chi connectivity index (χ0n) is 8.41. The van der Waals surface area contributed by atoms with Crippen LogP contribution in [0, 0.1) is 5.92 Å². The summed E-state index contributed by atoms with van der Waals surface area (Å²) in [6, 6.07) is 0.138. The topological polar surface area (TPSA) is 43.8 Å². The molecule has 1 unspecified atom stereocenters. The van der Waals surface area contributed by atoms with Crippen molar-refractivity contribution in [2.24, 2.45) is 18.7 Å². The van der Waals surface area contributed by atoms with E-state index in [9.17, 15) is 0 Å². The molecule has 0 aromatic carbocycles. The maximum absolute atomic E-state index is 6.26. The van der Waals surface area contributed by atoms with Gasteiger partial charge in [-0.05, 0) is 34.7 Å². The van der Waals surface area contributed by atoms with Crippen LogP contribution in [0.5, 0.6) is 0 Å². The first-order chi connectivity index (χ1) is 6.70. The average Bonchev–Trinajstić information content (AvgIpc) is 2.75. The van der Waals surface area contributed by atoms with Crippen LogP contribution in [0.3, 0.4) is 0 Å². The van der Waals surface area contributed by atoms with Gasteiger partial charge < -0.3 is 5.73 Å². The molecule has 2 N–H and O–H groups in total. The molecule has 0 spiro atoms. The van der Waals surface area contributed by atoms with Crippen LogP contribution in [-0.4, -0.2) is 9.78 Å². The monoisotopic (exact) mass is 257 g/mol. The van der Waals surface area contributed by atoms with Gasteiger partial charge in [-0.3, -0.25) is 4.68 Å². The largest absolute Gasteiger partial charge is 0.322 e. The van der Waals surface area contributed by atoms with Gasteiger partial charge in [-0.1, -0.05) is 12.8 Å². The van der Waals surface area contributed by atoms with Crippen molar-refractivity contribution < 1.29 is 0 Å². The van der Waals surface area contributed by atoms with E-state index in [1.54, 1.807) is 0 Å². The molecule has 14 heavy (non-hydrogen) atoms. The fraction of sp³-hybridized carbons (Fsp3) is 0.700. The molecule has 3 nitrogen and oxygen atoms in total. The SMILES string of the molecule is Cn1ncc(Br)c1C(N)C1CCCC1. The third-order valence-corrected chi connectivity index (χ3v) is 3.77. The number of hydrogen-bond acceptors (Lipinski definition) is 2. The lowest BCUT2D eigenvalue weighted by molar-refractivity contribution is 0.421. The fourth-order valence-electron chi connectivity index (χ4n) is 2.33. The highest BCUT2D eigenvalue weighted by Gasteiger charge is 2.26. The normalized spacial score (nSPS) is 20.2. The molecule has 1 saturated carbocycles. The first-order valence-corrected chi connectivity index (χ1v) is 5.92. The Hall–Kier alpha value is -0.350. The second kappa shape index (κ2) is 4.03. The minimum Gasteiger partial charge on any atom is -0.322 e. The fourth-order valence-corrected chi connectivity index (χ4v) is 2.95. The molecule has 4 heteroatoms. The summed E-state index contributed by atoms with van der Waals surface area (Å²) in [5.41, 5.74) is 7.39. The lowest BCUT2D eigenvalue weighted by atomic mass is 9.96. The maximum atomic E-state index is 6.26. The number of nitrogens with zero attached hydrogens (tertiary/aromatic N) is 2. The molecular formula is C10H16BrN3. The summed E-state index contributed by atoms with van der Waals surface area (Å²) in [4.78, 5) is 0. The van der Waals surface area contributed by atoms with Gasteiger partial charge in [-0.2, -0.15) is 5.10 Å². The van der Waals surface area contributed by atoms with Crippen molar-refractivity contribution in [2.45, 2.75) is 31.7 Å². The van der Waals surface area contributed by atoms with Crippen molar-refractivity contribution in [2.75, 3.05) is 0 Å². The van der Waals surface area contributed by atoms with Crippen LogP contribution >= 0.6 is 15.9 Å². The van der Waals surface area contributed by atoms with Gasteiger partial charge in [0.2, 0.25) is 0 Å². The Bertz CT molecular complexity index is 296. The Morgan fingerprint density at radius 2 is 2.21 bits per heavy atom. The highest BCUT2D eigenvalue weighted by atomic mass is 79.9. The van der Waals surface area contributed by atoms with Gasteiger partial charge in [0.1, 0.15) is 0 Å². The molecular weight excluding hydrogens is 242 g/mol. The number of aromatic nitrogens is 2. The summed E-state index contributed by atoms with van der Waals surface area (Å²) in [6.45, 7) is 0. The first-order valence-electron chi connectivity index (χ1n) is 5.13. The number of halogens is 1. The Kier molecular flexibility index (Phi) is 2.93. The first kappa shape index (κ1) is 10.2. The minimum atomic E-state index is 0.138. The number of aryl methyl sites for hydroxylation is 1. The van der Waals surface area contributed by atoms with Crippen LogP contribution in [0.4, 0.5) is 0 Å². The third kappa shape index (κ3) is 1.73. The van der Waals surface area contributed by atoms with Crippen LogP contribution < -0.4 is 5.73 Å². The minimum absolute atomic E-state index is 0.138. The second-order valence-corrected chi connectivity index (χ2v) is 4.93. The Morgan fingerprint density at radius 3 is 2.71 bits per heavy atom. The molecule has 1 aromatic rings.